The zero-order valence-corrected chi connectivity index (χ0v) is 19.5. The predicted octanol–water partition coefficient (Wildman–Crippen LogP) is -0.483. The molecule has 0 bridgehead atoms. The minimum absolute atomic E-state index is 0.00800. The monoisotopic (exact) mass is 495 g/mol. The van der Waals surface area contributed by atoms with E-state index in [1.807, 2.05) is 0 Å². The van der Waals surface area contributed by atoms with Gasteiger partial charge in [0.15, 0.2) is 0 Å². The molecule has 13 heteroatoms. The Hall–Kier alpha value is -3.13. The molecule has 0 saturated carbocycles. The molecule has 13 nitrogen and oxygen atoms in total. The van der Waals surface area contributed by atoms with Crippen LogP contribution in [0.1, 0.15) is 5.56 Å². The second kappa shape index (κ2) is 14.3. The average Bonchev–Trinajstić information content (AvgIpc) is 2.77. The molecule has 0 spiro atoms. The number of carboxylic acid groups (broad SMARTS) is 3. The number of nitro benzene ring substituents is 1. The number of non-ortho nitro benzene ring substituents is 1. The summed E-state index contributed by atoms with van der Waals surface area (Å²) in [6.07, 6.45) is 0.554. The van der Waals surface area contributed by atoms with Gasteiger partial charge in [-0.15, -0.1) is 0 Å². The van der Waals surface area contributed by atoms with Crippen molar-refractivity contribution in [2.45, 2.75) is 6.42 Å². The highest BCUT2D eigenvalue weighted by Gasteiger charge is 2.21. The fourth-order valence-corrected chi connectivity index (χ4v) is 4.11. The van der Waals surface area contributed by atoms with E-state index in [1.54, 1.807) is 26.8 Å². The quantitative estimate of drug-likeness (QED) is 0.256. The smallest absolute Gasteiger partial charge is 0.317 e. The van der Waals surface area contributed by atoms with E-state index >= 15 is 0 Å². The molecule has 0 aliphatic carbocycles. The number of carboxylic acids is 3. The van der Waals surface area contributed by atoms with Gasteiger partial charge in [-0.2, -0.15) is 0 Å². The summed E-state index contributed by atoms with van der Waals surface area (Å²) >= 11 is 0. The van der Waals surface area contributed by atoms with Gasteiger partial charge in [0.1, 0.15) is 0 Å². The maximum atomic E-state index is 11.5. The molecule has 1 unspecified atom stereocenters. The maximum Gasteiger partial charge on any atom is 0.317 e. The number of benzene rings is 1. The Bertz CT molecular complexity index is 866. The lowest BCUT2D eigenvalue weighted by molar-refractivity contribution is -0.384. The van der Waals surface area contributed by atoms with Gasteiger partial charge in [0.25, 0.3) is 5.69 Å². The number of nitrogens with one attached hydrogen (secondary N) is 1. The van der Waals surface area contributed by atoms with E-state index in [1.165, 1.54) is 12.1 Å². The van der Waals surface area contributed by atoms with Crippen LogP contribution in [0.3, 0.4) is 0 Å². The first-order valence-corrected chi connectivity index (χ1v) is 11.4. The summed E-state index contributed by atoms with van der Waals surface area (Å²) in [5.74, 6) is -3.00. The van der Waals surface area contributed by atoms with Gasteiger partial charge in [-0.1, -0.05) is 12.1 Å². The van der Waals surface area contributed by atoms with Gasteiger partial charge in [0.05, 0.1) is 24.6 Å². The molecule has 2 rings (SSSR count). The molecule has 1 saturated heterocycles. The number of carbonyl (C=O) groups is 3. The highest BCUT2D eigenvalue weighted by atomic mass is 16.6. The number of hydrogen-bond donors (Lipinski definition) is 4. The normalized spacial score (nSPS) is 19.7. The van der Waals surface area contributed by atoms with E-state index in [-0.39, 0.29) is 31.2 Å². The van der Waals surface area contributed by atoms with Crippen molar-refractivity contribution in [3.05, 3.63) is 39.9 Å². The van der Waals surface area contributed by atoms with Crippen molar-refractivity contribution in [2.24, 2.45) is 5.92 Å². The fraction of sp³-hybridized carbons (Fsp3) is 0.591. The summed E-state index contributed by atoms with van der Waals surface area (Å²) in [6.45, 7) is 2.67. The van der Waals surface area contributed by atoms with Crippen molar-refractivity contribution in [3.63, 3.8) is 0 Å². The number of hydrogen-bond acceptors (Lipinski definition) is 9. The van der Waals surface area contributed by atoms with Crippen molar-refractivity contribution in [1.29, 1.82) is 0 Å². The number of rotatable bonds is 9. The highest BCUT2D eigenvalue weighted by Crippen LogP contribution is 2.16. The average molecular weight is 496 g/mol. The van der Waals surface area contributed by atoms with Crippen molar-refractivity contribution in [2.75, 3.05) is 72.0 Å². The Balaban J connectivity index is 2.19. The molecule has 0 amide bonds. The number of nitrogens with zero attached hydrogens (tertiary/aromatic N) is 4. The van der Waals surface area contributed by atoms with E-state index in [0.29, 0.717) is 58.8 Å². The molecule has 0 radical (unpaired) electrons. The lowest BCUT2D eigenvalue weighted by Crippen LogP contribution is -2.44. The van der Waals surface area contributed by atoms with Crippen LogP contribution in [0.5, 0.6) is 0 Å². The Morgan fingerprint density at radius 2 is 1.34 bits per heavy atom. The zero-order chi connectivity index (χ0) is 25.8. The molecule has 1 aromatic carbocycles. The number of nitro groups is 1. The molecular weight excluding hydrogens is 462 g/mol. The SMILES string of the molecule is O=C(O)CN1CCNCC(Cc2ccc([N+](=O)[O-])cc2)CN(CC(=O)O)CCN(CC(=O)O)CC1. The standard InChI is InChI=1S/C22H33N5O8/c28-20(29)14-24-6-5-23-12-18(11-17-1-3-19(4-2-17)27(34)35)13-26(16-22(32)33)10-9-25(8-7-24)15-21(30)31/h1-4,18,23H,5-16H2,(H,28,29)(H,30,31)(H,32,33). The zero-order valence-electron chi connectivity index (χ0n) is 19.5. The van der Waals surface area contributed by atoms with E-state index < -0.39 is 22.8 Å². The molecule has 194 valence electrons. The fourth-order valence-electron chi connectivity index (χ4n) is 4.11. The van der Waals surface area contributed by atoms with Crippen LogP contribution in [0, 0.1) is 16.0 Å². The summed E-state index contributed by atoms with van der Waals surface area (Å²) in [5.41, 5.74) is 0.869. The summed E-state index contributed by atoms with van der Waals surface area (Å²) < 4.78 is 0. The van der Waals surface area contributed by atoms with Crippen molar-refractivity contribution >= 4 is 23.6 Å². The molecule has 1 aromatic rings. The van der Waals surface area contributed by atoms with Gasteiger partial charge in [-0.3, -0.25) is 39.2 Å². The Morgan fingerprint density at radius 1 is 0.857 bits per heavy atom. The Morgan fingerprint density at radius 3 is 1.86 bits per heavy atom. The summed E-state index contributed by atoms with van der Waals surface area (Å²) in [4.78, 5) is 49.7. The van der Waals surface area contributed by atoms with Crippen LogP contribution in [0.25, 0.3) is 0 Å². The summed E-state index contributed by atoms with van der Waals surface area (Å²) in [7, 11) is 0. The van der Waals surface area contributed by atoms with E-state index in [9.17, 15) is 39.8 Å². The van der Waals surface area contributed by atoms with Crippen LogP contribution in [0.2, 0.25) is 0 Å². The molecule has 0 aromatic heterocycles. The Labute approximate surface area is 203 Å². The molecule has 35 heavy (non-hydrogen) atoms. The van der Waals surface area contributed by atoms with Gasteiger partial charge in [0.2, 0.25) is 0 Å². The summed E-state index contributed by atoms with van der Waals surface area (Å²) in [5, 5.41) is 42.1. The van der Waals surface area contributed by atoms with Gasteiger partial charge < -0.3 is 20.6 Å². The number of aliphatic carboxylic acids is 3. The van der Waals surface area contributed by atoms with Crippen molar-refractivity contribution < 1.29 is 34.6 Å². The molecule has 1 aliphatic rings. The van der Waals surface area contributed by atoms with Crippen LogP contribution in [-0.2, 0) is 20.8 Å². The molecule has 1 aliphatic heterocycles. The van der Waals surface area contributed by atoms with Crippen molar-refractivity contribution in [3.8, 4) is 0 Å². The maximum absolute atomic E-state index is 11.5. The minimum atomic E-state index is -1.01. The van der Waals surface area contributed by atoms with Gasteiger partial charge in [-0.25, -0.2) is 0 Å². The third-order valence-electron chi connectivity index (χ3n) is 5.77. The molecule has 1 fully saturated rings. The lowest BCUT2D eigenvalue weighted by atomic mass is 9.98. The van der Waals surface area contributed by atoms with Crippen molar-refractivity contribution in [1.82, 2.24) is 20.0 Å². The van der Waals surface area contributed by atoms with Crippen LogP contribution in [-0.4, -0.2) is 125 Å². The van der Waals surface area contributed by atoms with Crippen LogP contribution in [0.15, 0.2) is 24.3 Å². The minimum Gasteiger partial charge on any atom is -0.480 e. The van der Waals surface area contributed by atoms with Crippen LogP contribution < -0.4 is 5.32 Å². The largest absolute Gasteiger partial charge is 0.480 e. The molecule has 4 N–H and O–H groups in total. The van der Waals surface area contributed by atoms with Gasteiger partial charge >= 0.3 is 17.9 Å². The molecule has 1 heterocycles. The van der Waals surface area contributed by atoms with Gasteiger partial charge in [-0.05, 0) is 24.4 Å². The Kier molecular flexibility index (Phi) is 11.5. The second-order valence-corrected chi connectivity index (χ2v) is 8.67. The van der Waals surface area contributed by atoms with E-state index in [2.05, 4.69) is 5.32 Å². The molecule has 1 atom stereocenters. The molecular formula is C22H33N5O8. The lowest BCUT2D eigenvalue weighted by Gasteiger charge is -2.29. The first-order chi connectivity index (χ1) is 16.6. The predicted molar refractivity (Wildman–Crippen MR) is 125 cm³/mol. The first kappa shape index (κ1) is 28.1. The third-order valence-corrected chi connectivity index (χ3v) is 5.77. The van der Waals surface area contributed by atoms with E-state index in [4.69, 9.17) is 0 Å². The topological polar surface area (TPSA) is 177 Å². The second-order valence-electron chi connectivity index (χ2n) is 8.67. The highest BCUT2D eigenvalue weighted by molar-refractivity contribution is 5.69. The summed E-state index contributed by atoms with van der Waals surface area (Å²) in [6, 6.07) is 6.24. The third kappa shape index (κ3) is 11.2. The van der Waals surface area contributed by atoms with Gasteiger partial charge in [0, 0.05) is 57.9 Å². The van der Waals surface area contributed by atoms with Crippen LogP contribution >= 0.6 is 0 Å². The first-order valence-electron chi connectivity index (χ1n) is 11.4. The van der Waals surface area contributed by atoms with E-state index in [0.717, 1.165) is 5.56 Å². The van der Waals surface area contributed by atoms with Crippen LogP contribution in [0.4, 0.5) is 5.69 Å².